The van der Waals surface area contributed by atoms with E-state index in [2.05, 4.69) is 10.6 Å². The number of urea groups is 1. The maximum atomic E-state index is 11.8. The number of hydrogen-bond donors (Lipinski definition) is 3. The van der Waals surface area contributed by atoms with Gasteiger partial charge in [-0.3, -0.25) is 0 Å². The van der Waals surface area contributed by atoms with E-state index >= 15 is 0 Å². The van der Waals surface area contributed by atoms with Crippen LogP contribution in [0.3, 0.4) is 0 Å². The summed E-state index contributed by atoms with van der Waals surface area (Å²) >= 11 is 1.94. The maximum Gasteiger partial charge on any atom is 0.332 e. The van der Waals surface area contributed by atoms with Crippen LogP contribution < -0.4 is 10.6 Å². The second-order valence-corrected chi connectivity index (χ2v) is 6.31. The number of hydrogen-bond acceptors (Lipinski definition) is 4. The van der Waals surface area contributed by atoms with Crippen molar-refractivity contribution in [1.29, 1.82) is 0 Å². The van der Waals surface area contributed by atoms with Crippen LogP contribution in [0.1, 0.15) is 19.3 Å². The minimum Gasteiger partial charge on any atom is -0.479 e. The van der Waals surface area contributed by atoms with Gasteiger partial charge in [-0.25, -0.2) is 9.59 Å². The highest BCUT2D eigenvalue weighted by Crippen LogP contribution is 2.22. The van der Waals surface area contributed by atoms with Gasteiger partial charge < -0.3 is 20.5 Å². The van der Waals surface area contributed by atoms with Gasteiger partial charge in [0.25, 0.3) is 0 Å². The van der Waals surface area contributed by atoms with Gasteiger partial charge in [0.2, 0.25) is 0 Å². The molecule has 0 bridgehead atoms. The smallest absolute Gasteiger partial charge is 0.332 e. The number of carbonyl (C=O) groups is 2. The maximum absolute atomic E-state index is 11.8. The molecule has 2 rings (SSSR count). The van der Waals surface area contributed by atoms with Crippen LogP contribution in [0.4, 0.5) is 4.79 Å². The molecule has 1 unspecified atom stereocenters. The number of aliphatic carboxylic acids is 1. The van der Waals surface area contributed by atoms with E-state index in [1.165, 1.54) is 0 Å². The van der Waals surface area contributed by atoms with Gasteiger partial charge in [-0.1, -0.05) is 0 Å². The number of nitrogens with one attached hydrogen (secondary N) is 2. The van der Waals surface area contributed by atoms with Gasteiger partial charge in [0, 0.05) is 19.6 Å². The van der Waals surface area contributed by atoms with Crippen LogP contribution in [0.2, 0.25) is 0 Å². The Hall–Kier alpha value is -0.950. The highest BCUT2D eigenvalue weighted by atomic mass is 32.2. The van der Waals surface area contributed by atoms with Crippen molar-refractivity contribution in [3.8, 4) is 0 Å². The SMILES string of the molecule is O=C(NCC1CCSCC1)NC1(C(=O)O)CCOC1. The molecule has 2 amide bonds. The van der Waals surface area contributed by atoms with Crippen LogP contribution in [0, 0.1) is 5.92 Å². The number of carboxylic acids is 1. The molecule has 0 saturated carbocycles. The van der Waals surface area contributed by atoms with Crippen LogP contribution in [0.5, 0.6) is 0 Å². The third-order valence-electron chi connectivity index (χ3n) is 3.68. The highest BCUT2D eigenvalue weighted by Gasteiger charge is 2.44. The Balaban J connectivity index is 1.78. The number of rotatable bonds is 4. The van der Waals surface area contributed by atoms with Crippen molar-refractivity contribution in [2.45, 2.75) is 24.8 Å². The predicted octanol–water partition coefficient (Wildman–Crippen LogP) is 0.672. The molecule has 0 aromatic carbocycles. The van der Waals surface area contributed by atoms with Gasteiger partial charge in [0.15, 0.2) is 5.54 Å². The summed E-state index contributed by atoms with van der Waals surface area (Å²) < 4.78 is 5.09. The van der Waals surface area contributed by atoms with Crippen LogP contribution in [0.15, 0.2) is 0 Å². The molecule has 2 saturated heterocycles. The lowest BCUT2D eigenvalue weighted by atomic mass is 9.99. The Labute approximate surface area is 116 Å². The van der Waals surface area contributed by atoms with Crippen molar-refractivity contribution < 1.29 is 19.4 Å². The van der Waals surface area contributed by atoms with Crippen LogP contribution in [-0.2, 0) is 9.53 Å². The van der Waals surface area contributed by atoms with E-state index < -0.39 is 17.5 Å². The fourth-order valence-electron chi connectivity index (χ4n) is 2.33. The second-order valence-electron chi connectivity index (χ2n) is 5.08. The average molecular weight is 288 g/mol. The molecule has 0 aliphatic carbocycles. The van der Waals surface area contributed by atoms with Gasteiger partial charge in [-0.2, -0.15) is 11.8 Å². The van der Waals surface area contributed by atoms with Crippen molar-refractivity contribution >= 4 is 23.8 Å². The molecule has 0 radical (unpaired) electrons. The summed E-state index contributed by atoms with van der Waals surface area (Å²) in [7, 11) is 0. The molecule has 6 nitrogen and oxygen atoms in total. The first-order valence-corrected chi connectivity index (χ1v) is 7.73. The van der Waals surface area contributed by atoms with E-state index in [0.29, 0.717) is 25.5 Å². The minimum absolute atomic E-state index is 0.0375. The highest BCUT2D eigenvalue weighted by molar-refractivity contribution is 7.99. The molecule has 3 N–H and O–H groups in total. The summed E-state index contributed by atoms with van der Waals surface area (Å²) in [6, 6.07) is -0.411. The molecule has 19 heavy (non-hydrogen) atoms. The lowest BCUT2D eigenvalue weighted by molar-refractivity contribution is -0.144. The topological polar surface area (TPSA) is 87.7 Å². The van der Waals surface area contributed by atoms with E-state index in [-0.39, 0.29) is 6.61 Å². The second kappa shape index (κ2) is 6.47. The standard InChI is InChI=1S/C12H20N2O4S/c15-10(16)12(3-4-18-8-12)14-11(17)13-7-9-1-5-19-6-2-9/h9H,1-8H2,(H,15,16)(H2,13,14,17). The normalized spacial score (nSPS) is 28.0. The molecular weight excluding hydrogens is 268 g/mol. The molecule has 2 fully saturated rings. The monoisotopic (exact) mass is 288 g/mol. The summed E-state index contributed by atoms with van der Waals surface area (Å²) in [6.45, 7) is 1.02. The fraction of sp³-hybridized carbons (Fsp3) is 0.833. The Kier molecular flexibility index (Phi) is 4.93. The van der Waals surface area contributed by atoms with Gasteiger partial charge in [0.1, 0.15) is 0 Å². The van der Waals surface area contributed by atoms with Gasteiger partial charge >= 0.3 is 12.0 Å². The van der Waals surface area contributed by atoms with Gasteiger partial charge in [-0.05, 0) is 30.3 Å². The molecule has 2 aliphatic rings. The van der Waals surface area contributed by atoms with E-state index in [0.717, 1.165) is 24.3 Å². The summed E-state index contributed by atoms with van der Waals surface area (Å²) in [4.78, 5) is 23.0. The van der Waals surface area contributed by atoms with Crippen molar-refractivity contribution in [3.05, 3.63) is 0 Å². The Morgan fingerprint density at radius 1 is 1.37 bits per heavy atom. The van der Waals surface area contributed by atoms with Gasteiger partial charge in [-0.15, -0.1) is 0 Å². The number of amides is 2. The van der Waals surface area contributed by atoms with E-state index in [4.69, 9.17) is 4.74 Å². The van der Waals surface area contributed by atoms with Crippen molar-refractivity contribution in [2.75, 3.05) is 31.3 Å². The lowest BCUT2D eigenvalue weighted by Crippen LogP contribution is -2.58. The first-order chi connectivity index (χ1) is 9.12. The summed E-state index contributed by atoms with van der Waals surface area (Å²) in [5.41, 5.74) is -1.26. The fourth-order valence-corrected chi connectivity index (χ4v) is 3.54. The quantitative estimate of drug-likeness (QED) is 0.708. The van der Waals surface area contributed by atoms with E-state index in [1.54, 1.807) is 0 Å². The Morgan fingerprint density at radius 3 is 2.68 bits per heavy atom. The summed E-state index contributed by atoms with van der Waals surface area (Å²) in [5, 5.41) is 14.5. The average Bonchev–Trinajstić information content (AvgIpc) is 2.87. The summed E-state index contributed by atoms with van der Waals surface area (Å²) in [6.07, 6.45) is 2.53. The molecule has 108 valence electrons. The molecule has 2 aliphatic heterocycles. The molecule has 0 aromatic heterocycles. The van der Waals surface area contributed by atoms with Crippen molar-refractivity contribution in [3.63, 3.8) is 0 Å². The van der Waals surface area contributed by atoms with Gasteiger partial charge in [0.05, 0.1) is 6.61 Å². The number of carbonyl (C=O) groups excluding carboxylic acids is 1. The van der Waals surface area contributed by atoms with Crippen molar-refractivity contribution in [1.82, 2.24) is 10.6 Å². The first kappa shape index (κ1) is 14.5. The van der Waals surface area contributed by atoms with Crippen LogP contribution in [0.25, 0.3) is 0 Å². The predicted molar refractivity (Wildman–Crippen MR) is 72.4 cm³/mol. The Bertz CT molecular complexity index is 339. The number of thioether (sulfide) groups is 1. The first-order valence-electron chi connectivity index (χ1n) is 6.57. The zero-order valence-electron chi connectivity index (χ0n) is 10.8. The minimum atomic E-state index is -1.26. The zero-order chi connectivity index (χ0) is 13.7. The number of carboxylic acid groups (broad SMARTS) is 1. The largest absolute Gasteiger partial charge is 0.479 e. The Morgan fingerprint density at radius 2 is 2.11 bits per heavy atom. The summed E-state index contributed by atoms with van der Waals surface area (Å²) in [5.74, 6) is 1.75. The molecule has 2 heterocycles. The van der Waals surface area contributed by atoms with E-state index in [1.807, 2.05) is 11.8 Å². The molecule has 1 atom stereocenters. The molecule has 0 aromatic rings. The van der Waals surface area contributed by atoms with Crippen molar-refractivity contribution in [2.24, 2.45) is 5.92 Å². The van der Waals surface area contributed by atoms with Crippen LogP contribution in [-0.4, -0.2) is 53.9 Å². The van der Waals surface area contributed by atoms with E-state index in [9.17, 15) is 14.7 Å². The third kappa shape index (κ3) is 3.76. The van der Waals surface area contributed by atoms with Crippen LogP contribution >= 0.6 is 11.8 Å². The molecular formula is C12H20N2O4S. The molecule has 7 heteroatoms. The number of ether oxygens (including phenoxy) is 1. The molecule has 0 spiro atoms. The third-order valence-corrected chi connectivity index (χ3v) is 4.72. The lowest BCUT2D eigenvalue weighted by Gasteiger charge is -2.25. The zero-order valence-corrected chi connectivity index (χ0v) is 11.6.